The zero-order chi connectivity index (χ0) is 6.85. The number of furan rings is 1. The summed E-state index contributed by atoms with van der Waals surface area (Å²) < 4.78 is 4.46. The molecule has 9 heavy (non-hydrogen) atoms. The van der Waals surface area contributed by atoms with E-state index in [1.165, 1.54) is 19.3 Å². The number of rotatable bonds is 1. The number of carbonyl (C=O) groups excluding carboxylic acids is 1. The number of ketones is 1. The van der Waals surface area contributed by atoms with Crippen molar-refractivity contribution in [2.75, 3.05) is 0 Å². The van der Waals surface area contributed by atoms with E-state index in [-0.39, 0.29) is 17.3 Å². The fraction of sp³-hybridized carbons (Fsp3) is 0.167. The highest BCUT2D eigenvalue weighted by atomic mass is 16.5. The first-order valence-corrected chi connectivity index (χ1v) is 2.49. The molecule has 0 unspecified atom stereocenters. The first kappa shape index (κ1) is 5.88. The lowest BCUT2D eigenvalue weighted by Gasteiger charge is -1.85. The third-order valence-electron chi connectivity index (χ3n) is 1.02. The third kappa shape index (κ3) is 0.937. The number of aromatic hydroxyl groups is 1. The normalized spacial score (nSPS) is 9.44. The molecule has 0 aliphatic rings. The third-order valence-corrected chi connectivity index (χ3v) is 1.02. The van der Waals surface area contributed by atoms with Crippen LogP contribution in [0.4, 0.5) is 0 Å². The van der Waals surface area contributed by atoms with Gasteiger partial charge in [-0.2, -0.15) is 0 Å². The molecule has 1 rings (SSSR count). The maximum Gasteiger partial charge on any atom is 0.292 e. The fourth-order valence-electron chi connectivity index (χ4n) is 0.569. The zero-order valence-electron chi connectivity index (χ0n) is 4.92. The lowest BCUT2D eigenvalue weighted by Crippen LogP contribution is -1.86. The Hall–Kier alpha value is -1.25. The summed E-state index contributed by atoms with van der Waals surface area (Å²) >= 11 is 0. The molecule has 3 nitrogen and oxygen atoms in total. The summed E-state index contributed by atoms with van der Waals surface area (Å²) in [5.41, 5.74) is 0.231. The summed E-state index contributed by atoms with van der Waals surface area (Å²) in [4.78, 5) is 10.5. The fourth-order valence-corrected chi connectivity index (χ4v) is 0.569. The summed E-state index contributed by atoms with van der Waals surface area (Å²) in [5.74, 6) is -0.497. The predicted octanol–water partition coefficient (Wildman–Crippen LogP) is 1.19. The van der Waals surface area contributed by atoms with Crippen molar-refractivity contribution in [1.82, 2.24) is 0 Å². The van der Waals surface area contributed by atoms with Gasteiger partial charge in [0.1, 0.15) is 5.56 Å². The minimum atomic E-state index is -0.303. The van der Waals surface area contributed by atoms with Gasteiger partial charge in [0.15, 0.2) is 5.78 Å². The minimum absolute atomic E-state index is 0.193. The van der Waals surface area contributed by atoms with Gasteiger partial charge < -0.3 is 9.52 Å². The van der Waals surface area contributed by atoms with Crippen molar-refractivity contribution in [3.63, 3.8) is 0 Å². The minimum Gasteiger partial charge on any atom is -0.480 e. The number of Topliss-reactive ketones (excluding diaryl/α,β-unsaturated/α-hetero) is 1. The van der Waals surface area contributed by atoms with Gasteiger partial charge >= 0.3 is 0 Å². The smallest absolute Gasteiger partial charge is 0.292 e. The van der Waals surface area contributed by atoms with E-state index in [0.717, 1.165) is 0 Å². The Balaban J connectivity index is 3.08. The van der Waals surface area contributed by atoms with E-state index < -0.39 is 0 Å². The summed E-state index contributed by atoms with van der Waals surface area (Å²) in [5, 5.41) is 8.73. The van der Waals surface area contributed by atoms with E-state index in [9.17, 15) is 4.79 Å². The Morgan fingerprint density at radius 2 is 2.44 bits per heavy atom. The molecule has 1 heterocycles. The highest BCUT2D eigenvalue weighted by Gasteiger charge is 2.07. The van der Waals surface area contributed by atoms with Crippen LogP contribution in [0.5, 0.6) is 5.95 Å². The Morgan fingerprint density at radius 1 is 1.78 bits per heavy atom. The van der Waals surface area contributed by atoms with Crippen molar-refractivity contribution in [2.24, 2.45) is 0 Å². The lowest BCUT2D eigenvalue weighted by atomic mass is 10.2. The van der Waals surface area contributed by atoms with E-state index in [1.807, 2.05) is 0 Å². The molecule has 0 radical (unpaired) electrons. The van der Waals surface area contributed by atoms with Crippen LogP contribution in [-0.4, -0.2) is 10.9 Å². The van der Waals surface area contributed by atoms with Crippen molar-refractivity contribution in [2.45, 2.75) is 6.92 Å². The van der Waals surface area contributed by atoms with Gasteiger partial charge in [-0.25, -0.2) is 0 Å². The number of hydrogen-bond donors (Lipinski definition) is 1. The lowest BCUT2D eigenvalue weighted by molar-refractivity contribution is 0.101. The van der Waals surface area contributed by atoms with Crippen LogP contribution in [0.25, 0.3) is 0 Å². The average molecular weight is 126 g/mol. The van der Waals surface area contributed by atoms with Crippen molar-refractivity contribution >= 4 is 5.78 Å². The Bertz CT molecular complexity index is 224. The quantitative estimate of drug-likeness (QED) is 0.575. The van der Waals surface area contributed by atoms with E-state index in [1.54, 1.807) is 0 Å². The van der Waals surface area contributed by atoms with E-state index >= 15 is 0 Å². The van der Waals surface area contributed by atoms with Gasteiger partial charge in [0.05, 0.1) is 6.26 Å². The van der Waals surface area contributed by atoms with E-state index in [2.05, 4.69) is 4.42 Å². The second-order valence-corrected chi connectivity index (χ2v) is 1.70. The molecule has 0 aliphatic heterocycles. The molecule has 0 fully saturated rings. The Labute approximate surface area is 51.9 Å². The molecule has 1 N–H and O–H groups in total. The van der Waals surface area contributed by atoms with Crippen LogP contribution >= 0.6 is 0 Å². The maximum absolute atomic E-state index is 10.5. The predicted molar refractivity (Wildman–Crippen MR) is 30.4 cm³/mol. The van der Waals surface area contributed by atoms with Crippen molar-refractivity contribution in [3.05, 3.63) is 17.9 Å². The molecular weight excluding hydrogens is 120 g/mol. The molecule has 1 aromatic rings. The molecule has 48 valence electrons. The molecule has 0 atom stereocenters. The highest BCUT2D eigenvalue weighted by molar-refractivity contribution is 5.95. The maximum atomic E-state index is 10.5. The van der Waals surface area contributed by atoms with Gasteiger partial charge in [0.2, 0.25) is 0 Å². The van der Waals surface area contributed by atoms with Gasteiger partial charge in [0, 0.05) is 0 Å². The molecular formula is C6H6O3. The van der Waals surface area contributed by atoms with E-state index in [4.69, 9.17) is 5.11 Å². The van der Waals surface area contributed by atoms with Crippen LogP contribution in [-0.2, 0) is 0 Å². The Kier molecular flexibility index (Phi) is 1.26. The van der Waals surface area contributed by atoms with Crippen LogP contribution in [0.3, 0.4) is 0 Å². The molecule has 0 amide bonds. The second kappa shape index (κ2) is 1.93. The largest absolute Gasteiger partial charge is 0.480 e. The van der Waals surface area contributed by atoms with E-state index in [0.29, 0.717) is 0 Å². The number of carbonyl (C=O) groups is 1. The van der Waals surface area contributed by atoms with Gasteiger partial charge in [-0.1, -0.05) is 0 Å². The molecule has 3 heteroatoms. The highest BCUT2D eigenvalue weighted by Crippen LogP contribution is 2.16. The van der Waals surface area contributed by atoms with Crippen LogP contribution in [0.2, 0.25) is 0 Å². The van der Waals surface area contributed by atoms with Gasteiger partial charge in [-0.3, -0.25) is 4.79 Å². The summed E-state index contributed by atoms with van der Waals surface area (Å²) in [6.45, 7) is 1.37. The first-order chi connectivity index (χ1) is 4.22. The van der Waals surface area contributed by atoms with Gasteiger partial charge in [0.25, 0.3) is 5.95 Å². The molecule has 0 saturated heterocycles. The molecule has 0 aliphatic carbocycles. The molecule has 0 bridgehead atoms. The molecule has 0 spiro atoms. The van der Waals surface area contributed by atoms with Gasteiger partial charge in [-0.15, -0.1) is 0 Å². The van der Waals surface area contributed by atoms with Crippen molar-refractivity contribution in [3.8, 4) is 5.95 Å². The first-order valence-electron chi connectivity index (χ1n) is 2.49. The summed E-state index contributed by atoms with van der Waals surface area (Å²) in [6, 6.07) is 1.43. The molecule has 0 aromatic carbocycles. The topological polar surface area (TPSA) is 50.4 Å². The second-order valence-electron chi connectivity index (χ2n) is 1.70. The number of hydrogen-bond acceptors (Lipinski definition) is 3. The average Bonchev–Trinajstić information content (AvgIpc) is 2.13. The molecule has 0 saturated carbocycles. The van der Waals surface area contributed by atoms with Gasteiger partial charge in [-0.05, 0) is 13.0 Å². The zero-order valence-corrected chi connectivity index (χ0v) is 4.92. The summed E-state index contributed by atoms with van der Waals surface area (Å²) in [7, 11) is 0. The SMILES string of the molecule is CC(=O)c1ccoc1O. The Morgan fingerprint density at radius 3 is 2.67 bits per heavy atom. The van der Waals surface area contributed by atoms with Crippen molar-refractivity contribution < 1.29 is 14.3 Å². The van der Waals surface area contributed by atoms with Crippen LogP contribution < -0.4 is 0 Å². The van der Waals surface area contributed by atoms with Crippen LogP contribution in [0, 0.1) is 0 Å². The monoisotopic (exact) mass is 126 g/mol. The van der Waals surface area contributed by atoms with Crippen molar-refractivity contribution in [1.29, 1.82) is 0 Å². The molecule has 1 aromatic heterocycles. The summed E-state index contributed by atoms with van der Waals surface area (Å²) in [6.07, 6.45) is 1.27. The van der Waals surface area contributed by atoms with Crippen LogP contribution in [0.1, 0.15) is 17.3 Å². The standard InChI is InChI=1S/C6H6O3/c1-4(7)5-2-3-9-6(5)8/h2-3,8H,1H3. The van der Waals surface area contributed by atoms with Crippen LogP contribution in [0.15, 0.2) is 16.7 Å².